The van der Waals surface area contributed by atoms with Gasteiger partial charge in [0.15, 0.2) is 0 Å². The quantitative estimate of drug-likeness (QED) is 0.495. The summed E-state index contributed by atoms with van der Waals surface area (Å²) in [6, 6.07) is 1.70. The van der Waals surface area contributed by atoms with Gasteiger partial charge in [0.25, 0.3) is 0 Å². The molecule has 0 spiro atoms. The van der Waals surface area contributed by atoms with Gasteiger partial charge in [-0.2, -0.15) is 0 Å². The molecule has 1 heteroatoms. The summed E-state index contributed by atoms with van der Waals surface area (Å²) in [5.74, 6) is 0. The van der Waals surface area contributed by atoms with Gasteiger partial charge in [-0.15, -0.1) is 0 Å². The van der Waals surface area contributed by atoms with Crippen molar-refractivity contribution in [2.75, 3.05) is 0 Å². The van der Waals surface area contributed by atoms with E-state index in [-0.39, 0.29) is 0 Å². The number of pyridine rings is 1. The number of aromatic nitrogens is 1. The van der Waals surface area contributed by atoms with Crippen LogP contribution in [0.5, 0.6) is 0 Å². The van der Waals surface area contributed by atoms with Gasteiger partial charge in [0, 0.05) is 16.5 Å². The summed E-state index contributed by atoms with van der Waals surface area (Å²) >= 11 is 0. The first kappa shape index (κ1) is 2.62. The van der Waals surface area contributed by atoms with Crippen molar-refractivity contribution in [3.05, 3.63) is 29.6 Å². The second kappa shape index (κ2) is 1.95. The van der Waals surface area contributed by atoms with Crippen molar-refractivity contribution in [1.29, 1.82) is 0 Å². The number of hydrogen-bond acceptors (Lipinski definition) is 1. The number of nitrogens with zero attached hydrogens (tertiary/aromatic N) is 1. The highest BCUT2D eigenvalue weighted by Crippen LogP contribution is 2.00. The highest BCUT2D eigenvalue weighted by molar-refractivity contribution is 5.18. The normalized spacial score (nSPS) is 16.4. The minimum atomic E-state index is -2.03. The zero-order valence-corrected chi connectivity index (χ0v) is 4.68. The van der Waals surface area contributed by atoms with Crippen LogP contribution in [0.1, 0.15) is 15.2 Å². The lowest BCUT2D eigenvalue weighted by molar-refractivity contribution is 1.22. The van der Waals surface area contributed by atoms with Crippen molar-refractivity contribution >= 4 is 0 Å². The van der Waals surface area contributed by atoms with Crippen LogP contribution in [0.3, 0.4) is 0 Å². The van der Waals surface area contributed by atoms with Crippen LogP contribution < -0.4 is 0 Å². The van der Waals surface area contributed by atoms with Crippen LogP contribution in [-0.2, 0) is 0 Å². The van der Waals surface area contributed by atoms with E-state index in [1.54, 1.807) is 19.2 Å². The molecule has 1 aromatic heterocycles. The minimum Gasteiger partial charge on any atom is -0.264 e. The molecule has 8 heavy (non-hydrogen) atoms. The van der Waals surface area contributed by atoms with E-state index in [1.807, 2.05) is 0 Å². The van der Waals surface area contributed by atoms with E-state index in [2.05, 4.69) is 4.98 Å². The first-order valence-electron chi connectivity index (χ1n) is 3.93. The van der Waals surface area contributed by atoms with Gasteiger partial charge in [-0.1, -0.05) is 0 Å². The van der Waals surface area contributed by atoms with Gasteiger partial charge in [-0.25, -0.2) is 0 Å². The highest BCUT2D eigenvalue weighted by atomic mass is 14.6. The Morgan fingerprint density at radius 2 is 2.50 bits per heavy atom. The molecule has 0 aromatic carbocycles. The molecule has 0 atom stereocenters. The van der Waals surface area contributed by atoms with Crippen LogP contribution in [-0.4, -0.2) is 4.98 Å². The first-order valence-corrected chi connectivity index (χ1v) is 2.43. The van der Waals surface area contributed by atoms with Crippen molar-refractivity contribution in [2.24, 2.45) is 0 Å². The van der Waals surface area contributed by atoms with Gasteiger partial charge in [0.1, 0.15) is 0 Å². The predicted molar refractivity (Wildman–Crippen MR) is 33.7 cm³/mol. The van der Waals surface area contributed by atoms with Crippen LogP contribution in [0, 0.1) is 13.8 Å². The van der Waals surface area contributed by atoms with Gasteiger partial charge < -0.3 is 0 Å². The Hall–Kier alpha value is -0.850. The molecule has 1 heterocycles. The molecule has 0 fully saturated rings. The predicted octanol–water partition coefficient (Wildman–Crippen LogP) is 1.70. The highest BCUT2D eigenvalue weighted by Gasteiger charge is 1.84. The number of hydrogen-bond donors (Lipinski definition) is 0. The number of aryl methyl sites for hydroxylation is 2. The summed E-state index contributed by atoms with van der Waals surface area (Å²) in [7, 11) is 0. The van der Waals surface area contributed by atoms with Gasteiger partial charge >= 0.3 is 0 Å². The van der Waals surface area contributed by atoms with Crippen molar-refractivity contribution in [2.45, 2.75) is 13.8 Å². The molecular formula is C7H9N. The smallest absolute Gasteiger partial charge is 0.0299 e. The van der Waals surface area contributed by atoms with Crippen LogP contribution in [0.4, 0.5) is 0 Å². The molecule has 0 radical (unpaired) electrons. The Morgan fingerprint density at radius 1 is 1.62 bits per heavy atom. The molecule has 0 bridgehead atoms. The summed E-state index contributed by atoms with van der Waals surface area (Å²) in [5.41, 5.74) is 1.10. The van der Waals surface area contributed by atoms with Gasteiger partial charge in [-0.3, -0.25) is 4.98 Å². The van der Waals surface area contributed by atoms with Crippen molar-refractivity contribution < 1.29 is 4.11 Å². The second-order valence-electron chi connectivity index (χ2n) is 1.69. The average molecular weight is 110 g/mol. The van der Waals surface area contributed by atoms with Gasteiger partial charge in [-0.05, 0) is 31.0 Å². The van der Waals surface area contributed by atoms with Gasteiger partial charge in [0.2, 0.25) is 0 Å². The zero-order valence-electron chi connectivity index (χ0n) is 7.68. The fraction of sp³-hybridized carbons (Fsp3) is 0.286. The summed E-state index contributed by atoms with van der Waals surface area (Å²) in [5, 5.41) is 0. The zero-order chi connectivity index (χ0) is 8.48. The fourth-order valence-electron chi connectivity index (χ4n) is 0.464. The Bertz CT molecular complexity index is 254. The molecule has 1 aromatic rings. The summed E-state index contributed by atoms with van der Waals surface area (Å²) in [6.07, 6.45) is 2.98. The second-order valence-corrected chi connectivity index (χ2v) is 1.69. The molecule has 0 amide bonds. The van der Waals surface area contributed by atoms with Crippen molar-refractivity contribution in [3.63, 3.8) is 0 Å². The largest absolute Gasteiger partial charge is 0.264 e. The van der Waals surface area contributed by atoms with Gasteiger partial charge in [0.05, 0.1) is 0 Å². The van der Waals surface area contributed by atoms with Crippen LogP contribution >= 0.6 is 0 Å². The molecule has 0 aliphatic rings. The molecule has 1 rings (SSSR count). The SMILES string of the molecule is [2H]C([2H])([2H])c1cnccc1C. The van der Waals surface area contributed by atoms with E-state index in [0.29, 0.717) is 5.56 Å². The summed E-state index contributed by atoms with van der Waals surface area (Å²) < 4.78 is 21.3. The third kappa shape index (κ3) is 0.861. The number of rotatable bonds is 0. The van der Waals surface area contributed by atoms with E-state index >= 15 is 0 Å². The minimum absolute atomic E-state index is 0.333. The molecule has 0 aliphatic carbocycles. The molecule has 1 nitrogen and oxygen atoms in total. The van der Waals surface area contributed by atoms with E-state index in [0.717, 1.165) is 5.56 Å². The lowest BCUT2D eigenvalue weighted by atomic mass is 10.2. The molecule has 0 N–H and O–H groups in total. The van der Waals surface area contributed by atoms with Crippen molar-refractivity contribution in [1.82, 2.24) is 4.98 Å². The molecule has 0 aliphatic heterocycles. The maximum atomic E-state index is 7.11. The summed E-state index contributed by atoms with van der Waals surface area (Å²) in [4.78, 5) is 3.75. The van der Waals surface area contributed by atoms with Crippen LogP contribution in [0.25, 0.3) is 0 Å². The fourth-order valence-corrected chi connectivity index (χ4v) is 0.464. The first-order chi connectivity index (χ1) is 5.02. The molecule has 0 unspecified atom stereocenters. The molecule has 0 saturated carbocycles. The maximum absolute atomic E-state index is 7.11. The monoisotopic (exact) mass is 110 g/mol. The third-order valence-corrected chi connectivity index (χ3v) is 1.04. The Labute approximate surface area is 53.6 Å². The average Bonchev–Trinajstić information content (AvgIpc) is 1.86. The van der Waals surface area contributed by atoms with Crippen LogP contribution in [0.2, 0.25) is 0 Å². The van der Waals surface area contributed by atoms with E-state index in [4.69, 9.17) is 4.11 Å². The van der Waals surface area contributed by atoms with E-state index in [9.17, 15) is 0 Å². The Morgan fingerprint density at radius 3 is 3.00 bits per heavy atom. The molecule has 42 valence electrons. The molecule has 0 saturated heterocycles. The Kier molecular flexibility index (Phi) is 0.639. The Balaban J connectivity index is 3.14. The maximum Gasteiger partial charge on any atom is 0.0299 e. The van der Waals surface area contributed by atoms with Crippen LogP contribution in [0.15, 0.2) is 18.5 Å². The standard InChI is InChI=1S/C7H9N/c1-6-3-4-8-5-7(6)2/h3-5H,1-2H3/i2D3. The topological polar surface area (TPSA) is 12.9 Å². The summed E-state index contributed by atoms with van der Waals surface area (Å²) in [6.45, 7) is -0.262. The van der Waals surface area contributed by atoms with Crippen molar-refractivity contribution in [3.8, 4) is 0 Å². The van der Waals surface area contributed by atoms with E-state index < -0.39 is 6.85 Å². The lowest BCUT2D eigenvalue weighted by Crippen LogP contribution is -1.78. The van der Waals surface area contributed by atoms with E-state index in [1.165, 1.54) is 6.20 Å². The third-order valence-electron chi connectivity index (χ3n) is 1.04. The molecular weight excluding hydrogens is 98.1 g/mol. The lowest BCUT2D eigenvalue weighted by Gasteiger charge is -1.92.